The van der Waals surface area contributed by atoms with Gasteiger partial charge in [-0.15, -0.1) is 0 Å². The smallest absolute Gasteiger partial charge is 0.180 e. The fraction of sp³-hybridized carbons (Fsp3) is 0.412. The van der Waals surface area contributed by atoms with Gasteiger partial charge >= 0.3 is 0 Å². The summed E-state index contributed by atoms with van der Waals surface area (Å²) in [6, 6.07) is 8.02. The van der Waals surface area contributed by atoms with Crippen LogP contribution in [0.3, 0.4) is 0 Å². The van der Waals surface area contributed by atoms with Crippen molar-refractivity contribution in [3.05, 3.63) is 53.7 Å². The third kappa shape index (κ3) is 7.81. The molecule has 3 rings (SSSR count). The van der Waals surface area contributed by atoms with Crippen LogP contribution in [0.4, 0.5) is 0 Å². The fourth-order valence-corrected chi connectivity index (χ4v) is 2.31. The van der Waals surface area contributed by atoms with E-state index in [1.54, 1.807) is 20.4 Å². The standard InChI is InChI=1S/C12H14ClNO.C3H3NO.C2H6O/c1-8(14-15)6-10-7-12(10)9-2-4-11(13)5-3-9;1-2-5-3-4-1;1-3-2/h2-5,10,12,15H,6-7H2,1H3;1-3H;1-2H3. The lowest BCUT2D eigenvalue weighted by Gasteiger charge is -2.00. The van der Waals surface area contributed by atoms with Crippen molar-refractivity contribution in [3.63, 3.8) is 0 Å². The van der Waals surface area contributed by atoms with E-state index in [4.69, 9.17) is 16.8 Å². The summed E-state index contributed by atoms with van der Waals surface area (Å²) < 4.78 is 8.72. The fourth-order valence-electron chi connectivity index (χ4n) is 2.19. The Labute approximate surface area is 141 Å². The predicted molar refractivity (Wildman–Crippen MR) is 91.2 cm³/mol. The average Bonchev–Trinajstić information content (AvgIpc) is 3.04. The van der Waals surface area contributed by atoms with Gasteiger partial charge in [0, 0.05) is 19.2 Å². The molecule has 2 unspecified atom stereocenters. The van der Waals surface area contributed by atoms with Crippen LogP contribution in [0.5, 0.6) is 0 Å². The molecular weight excluding hydrogens is 316 g/mol. The molecule has 126 valence electrons. The zero-order valence-corrected chi connectivity index (χ0v) is 14.4. The number of oxazole rings is 1. The number of benzene rings is 1. The molecule has 6 heteroatoms. The van der Waals surface area contributed by atoms with Gasteiger partial charge in [-0.25, -0.2) is 4.98 Å². The number of hydrogen-bond acceptors (Lipinski definition) is 5. The second kappa shape index (κ2) is 10.8. The van der Waals surface area contributed by atoms with Crippen molar-refractivity contribution in [1.29, 1.82) is 0 Å². The Morgan fingerprint density at radius 2 is 2.04 bits per heavy atom. The van der Waals surface area contributed by atoms with Crippen LogP contribution in [-0.2, 0) is 4.74 Å². The Morgan fingerprint density at radius 3 is 2.48 bits per heavy atom. The maximum absolute atomic E-state index is 8.58. The van der Waals surface area contributed by atoms with Gasteiger partial charge in [-0.05, 0) is 49.3 Å². The van der Waals surface area contributed by atoms with Crippen LogP contribution >= 0.6 is 11.6 Å². The van der Waals surface area contributed by atoms with Crippen LogP contribution in [0.15, 0.2) is 52.7 Å². The Morgan fingerprint density at radius 1 is 1.39 bits per heavy atom. The highest BCUT2D eigenvalue weighted by Gasteiger charge is 2.38. The molecule has 5 nitrogen and oxygen atoms in total. The first kappa shape index (κ1) is 19.2. The van der Waals surface area contributed by atoms with Gasteiger partial charge in [-0.1, -0.05) is 28.9 Å². The van der Waals surface area contributed by atoms with Crippen LogP contribution in [0, 0.1) is 5.92 Å². The first-order valence-electron chi connectivity index (χ1n) is 7.27. The minimum absolute atomic E-state index is 0.624. The van der Waals surface area contributed by atoms with Gasteiger partial charge in [-0.2, -0.15) is 0 Å². The van der Waals surface area contributed by atoms with Gasteiger partial charge < -0.3 is 14.4 Å². The molecule has 0 bridgehead atoms. The topological polar surface area (TPSA) is 67.9 Å². The van der Waals surface area contributed by atoms with Crippen LogP contribution in [0.2, 0.25) is 5.02 Å². The summed E-state index contributed by atoms with van der Waals surface area (Å²) in [5.74, 6) is 1.26. The minimum atomic E-state index is 0.624. The second-order valence-electron chi connectivity index (χ2n) is 5.28. The van der Waals surface area contributed by atoms with E-state index in [0.29, 0.717) is 11.8 Å². The number of aromatic nitrogens is 1. The molecule has 1 saturated carbocycles. The van der Waals surface area contributed by atoms with E-state index in [0.717, 1.165) is 17.2 Å². The van der Waals surface area contributed by atoms with Crippen molar-refractivity contribution in [3.8, 4) is 0 Å². The van der Waals surface area contributed by atoms with Crippen LogP contribution in [0.25, 0.3) is 0 Å². The number of nitrogens with zero attached hydrogens (tertiary/aromatic N) is 2. The number of halogens is 1. The van der Waals surface area contributed by atoms with Gasteiger partial charge in [0.1, 0.15) is 6.26 Å². The Kier molecular flexibility index (Phi) is 9.02. The maximum atomic E-state index is 8.58. The second-order valence-corrected chi connectivity index (χ2v) is 5.71. The SMILES string of the molecule is CC(CC1CC1c1ccc(Cl)cc1)=NO.COC.c1cocn1. The van der Waals surface area contributed by atoms with E-state index >= 15 is 0 Å². The summed E-state index contributed by atoms with van der Waals surface area (Å²) in [6.07, 6.45) is 6.55. The molecule has 1 aromatic heterocycles. The van der Waals surface area contributed by atoms with Crippen molar-refractivity contribution in [2.75, 3.05) is 14.2 Å². The molecule has 1 aliphatic carbocycles. The molecule has 0 saturated heterocycles. The highest BCUT2D eigenvalue weighted by molar-refractivity contribution is 6.30. The maximum Gasteiger partial charge on any atom is 0.180 e. The van der Waals surface area contributed by atoms with Gasteiger partial charge in [0.05, 0.1) is 11.9 Å². The molecule has 0 radical (unpaired) electrons. The summed E-state index contributed by atoms with van der Waals surface area (Å²) in [7, 11) is 3.25. The summed E-state index contributed by atoms with van der Waals surface area (Å²) in [6.45, 7) is 1.86. The predicted octanol–water partition coefficient (Wildman–Crippen LogP) is 4.62. The van der Waals surface area contributed by atoms with Gasteiger partial charge in [0.25, 0.3) is 0 Å². The zero-order chi connectivity index (χ0) is 17.1. The van der Waals surface area contributed by atoms with Crippen molar-refractivity contribution >= 4 is 17.3 Å². The van der Waals surface area contributed by atoms with Gasteiger partial charge in [0.15, 0.2) is 6.39 Å². The summed E-state index contributed by atoms with van der Waals surface area (Å²) in [5.41, 5.74) is 2.16. The van der Waals surface area contributed by atoms with Crippen molar-refractivity contribution in [2.45, 2.75) is 25.7 Å². The Bertz CT molecular complexity index is 539. The molecule has 1 aromatic carbocycles. The normalized spacial score (nSPS) is 19.0. The van der Waals surface area contributed by atoms with E-state index in [2.05, 4.69) is 31.4 Å². The van der Waals surface area contributed by atoms with Crippen LogP contribution in [0.1, 0.15) is 31.2 Å². The quantitative estimate of drug-likeness (QED) is 0.503. The minimum Gasteiger partial charge on any atom is -0.452 e. The molecule has 0 spiro atoms. The number of methoxy groups -OCH3 is 1. The molecule has 1 fully saturated rings. The van der Waals surface area contributed by atoms with E-state index in [-0.39, 0.29) is 0 Å². The highest BCUT2D eigenvalue weighted by Crippen LogP contribution is 2.49. The number of ether oxygens (including phenoxy) is 1. The van der Waals surface area contributed by atoms with Crippen molar-refractivity contribution in [1.82, 2.24) is 4.98 Å². The number of rotatable bonds is 3. The molecule has 0 aliphatic heterocycles. The lowest BCUT2D eigenvalue weighted by atomic mass is 10.1. The molecular formula is C17H23ClN2O3. The van der Waals surface area contributed by atoms with Crippen LogP contribution < -0.4 is 0 Å². The van der Waals surface area contributed by atoms with Crippen molar-refractivity contribution < 1.29 is 14.4 Å². The monoisotopic (exact) mass is 338 g/mol. The molecule has 0 amide bonds. The largest absolute Gasteiger partial charge is 0.452 e. The number of hydrogen-bond donors (Lipinski definition) is 1. The summed E-state index contributed by atoms with van der Waals surface area (Å²) in [4.78, 5) is 3.56. The first-order chi connectivity index (χ1) is 11.1. The highest BCUT2D eigenvalue weighted by atomic mass is 35.5. The lowest BCUT2D eigenvalue weighted by Crippen LogP contribution is -1.94. The summed E-state index contributed by atoms with van der Waals surface area (Å²) >= 11 is 5.83. The summed E-state index contributed by atoms with van der Waals surface area (Å²) in [5, 5.41) is 12.6. The zero-order valence-electron chi connectivity index (χ0n) is 13.6. The van der Waals surface area contributed by atoms with Crippen molar-refractivity contribution in [2.24, 2.45) is 11.1 Å². The number of oxime groups is 1. The Balaban J connectivity index is 0.000000273. The third-order valence-corrected chi connectivity index (χ3v) is 3.55. The van der Waals surface area contributed by atoms with E-state index < -0.39 is 0 Å². The van der Waals surface area contributed by atoms with Crippen LogP contribution in [-0.4, -0.2) is 30.1 Å². The molecule has 2 atom stereocenters. The molecule has 2 aromatic rings. The van der Waals surface area contributed by atoms with Gasteiger partial charge in [-0.3, -0.25) is 0 Å². The first-order valence-corrected chi connectivity index (χ1v) is 7.65. The van der Waals surface area contributed by atoms with E-state index in [9.17, 15) is 0 Å². The third-order valence-electron chi connectivity index (χ3n) is 3.30. The van der Waals surface area contributed by atoms with E-state index in [1.165, 1.54) is 24.6 Å². The van der Waals surface area contributed by atoms with Gasteiger partial charge in [0.2, 0.25) is 0 Å². The Hall–Kier alpha value is -1.85. The van der Waals surface area contributed by atoms with E-state index in [1.807, 2.05) is 19.1 Å². The lowest BCUT2D eigenvalue weighted by molar-refractivity contribution is 0.277. The molecule has 1 heterocycles. The molecule has 1 aliphatic rings. The molecule has 23 heavy (non-hydrogen) atoms. The molecule has 1 N–H and O–H groups in total. The average molecular weight is 339 g/mol.